The zero-order chi connectivity index (χ0) is 14.4. The van der Waals surface area contributed by atoms with Gasteiger partial charge in [-0.15, -0.1) is 0 Å². The van der Waals surface area contributed by atoms with Gasteiger partial charge in [0.05, 0.1) is 6.10 Å². The fourth-order valence-electron chi connectivity index (χ4n) is 1.92. The molecule has 0 bridgehead atoms. The number of hydrogen-bond donors (Lipinski definition) is 1. The molecule has 0 amide bonds. The Balaban J connectivity index is 1.93. The standard InChI is InChI=1S/C17H18O3/c1-13(18)11-17(19)15-7-9-16(10-8-15)20-12-14-5-3-2-4-6-14/h2-10,17,19H,11-12H2,1H3. The van der Waals surface area contributed by atoms with Gasteiger partial charge in [-0.1, -0.05) is 42.5 Å². The predicted molar refractivity (Wildman–Crippen MR) is 77.5 cm³/mol. The van der Waals surface area contributed by atoms with Gasteiger partial charge in [0, 0.05) is 6.42 Å². The Bertz CT molecular complexity index is 546. The van der Waals surface area contributed by atoms with Gasteiger partial charge >= 0.3 is 0 Å². The van der Waals surface area contributed by atoms with Crippen LogP contribution in [0.1, 0.15) is 30.6 Å². The molecule has 0 radical (unpaired) electrons. The summed E-state index contributed by atoms with van der Waals surface area (Å²) in [4.78, 5) is 11.0. The lowest BCUT2D eigenvalue weighted by molar-refractivity contribution is -0.118. The minimum atomic E-state index is -0.740. The Hall–Kier alpha value is -2.13. The van der Waals surface area contributed by atoms with Crippen molar-refractivity contribution in [3.05, 3.63) is 65.7 Å². The van der Waals surface area contributed by atoms with Gasteiger partial charge in [-0.05, 0) is 30.2 Å². The highest BCUT2D eigenvalue weighted by Crippen LogP contribution is 2.21. The van der Waals surface area contributed by atoms with Gasteiger partial charge < -0.3 is 9.84 Å². The number of aliphatic hydroxyl groups excluding tert-OH is 1. The smallest absolute Gasteiger partial charge is 0.132 e. The number of carbonyl (C=O) groups is 1. The second-order valence-electron chi connectivity index (χ2n) is 4.77. The average molecular weight is 270 g/mol. The Morgan fingerprint density at radius 3 is 2.35 bits per heavy atom. The number of ether oxygens (including phenoxy) is 1. The Morgan fingerprint density at radius 1 is 1.10 bits per heavy atom. The molecule has 1 N–H and O–H groups in total. The Morgan fingerprint density at radius 2 is 1.75 bits per heavy atom. The molecule has 2 aromatic rings. The third-order valence-electron chi connectivity index (χ3n) is 2.99. The lowest BCUT2D eigenvalue weighted by Crippen LogP contribution is -2.03. The van der Waals surface area contributed by atoms with Crippen LogP contribution in [0.5, 0.6) is 5.75 Å². The summed E-state index contributed by atoms with van der Waals surface area (Å²) < 4.78 is 5.66. The van der Waals surface area contributed by atoms with E-state index in [-0.39, 0.29) is 12.2 Å². The highest BCUT2D eigenvalue weighted by Gasteiger charge is 2.09. The molecule has 1 unspecified atom stereocenters. The fourth-order valence-corrected chi connectivity index (χ4v) is 1.92. The molecular formula is C17H18O3. The van der Waals surface area contributed by atoms with Gasteiger partial charge in [0.25, 0.3) is 0 Å². The molecule has 2 rings (SSSR count). The van der Waals surface area contributed by atoms with Gasteiger partial charge in [0.1, 0.15) is 18.1 Å². The van der Waals surface area contributed by atoms with Crippen molar-refractivity contribution in [2.45, 2.75) is 26.1 Å². The van der Waals surface area contributed by atoms with Crippen molar-refractivity contribution in [1.82, 2.24) is 0 Å². The monoisotopic (exact) mass is 270 g/mol. The van der Waals surface area contributed by atoms with E-state index in [1.807, 2.05) is 42.5 Å². The molecule has 104 valence electrons. The van der Waals surface area contributed by atoms with Crippen molar-refractivity contribution in [1.29, 1.82) is 0 Å². The molecule has 0 aliphatic rings. The molecule has 0 fully saturated rings. The van der Waals surface area contributed by atoms with Crippen LogP contribution in [0.4, 0.5) is 0 Å². The number of carbonyl (C=O) groups excluding carboxylic acids is 1. The molecule has 0 spiro atoms. The zero-order valence-corrected chi connectivity index (χ0v) is 11.5. The maximum Gasteiger partial charge on any atom is 0.132 e. The predicted octanol–water partition coefficient (Wildman–Crippen LogP) is 3.28. The maximum absolute atomic E-state index is 11.0. The zero-order valence-electron chi connectivity index (χ0n) is 11.5. The molecule has 0 heterocycles. The number of aliphatic hydroxyl groups is 1. The van der Waals surface area contributed by atoms with Crippen LogP contribution in [0.2, 0.25) is 0 Å². The summed E-state index contributed by atoms with van der Waals surface area (Å²) in [7, 11) is 0. The summed E-state index contributed by atoms with van der Waals surface area (Å²) in [6, 6.07) is 17.1. The molecule has 3 heteroatoms. The first-order chi connectivity index (χ1) is 9.65. The number of Topliss-reactive ketones (excluding diaryl/α,β-unsaturated/α-hetero) is 1. The maximum atomic E-state index is 11.0. The van der Waals surface area contributed by atoms with Crippen LogP contribution in [0, 0.1) is 0 Å². The topological polar surface area (TPSA) is 46.5 Å². The largest absolute Gasteiger partial charge is 0.489 e. The van der Waals surface area contributed by atoms with Gasteiger partial charge in [0.2, 0.25) is 0 Å². The van der Waals surface area contributed by atoms with E-state index in [1.165, 1.54) is 6.92 Å². The summed E-state index contributed by atoms with van der Waals surface area (Å²) in [5.41, 5.74) is 1.83. The van der Waals surface area contributed by atoms with E-state index in [1.54, 1.807) is 12.1 Å². The molecule has 20 heavy (non-hydrogen) atoms. The highest BCUT2D eigenvalue weighted by atomic mass is 16.5. The molecule has 0 aromatic heterocycles. The first-order valence-corrected chi connectivity index (χ1v) is 6.59. The molecule has 0 aliphatic carbocycles. The van der Waals surface area contributed by atoms with Gasteiger partial charge in [-0.25, -0.2) is 0 Å². The molecule has 3 nitrogen and oxygen atoms in total. The molecule has 0 saturated carbocycles. The van der Waals surface area contributed by atoms with E-state index in [4.69, 9.17) is 4.74 Å². The van der Waals surface area contributed by atoms with Crippen molar-refractivity contribution in [3.63, 3.8) is 0 Å². The summed E-state index contributed by atoms with van der Waals surface area (Å²) in [6.07, 6.45) is -0.597. The summed E-state index contributed by atoms with van der Waals surface area (Å²) in [6.45, 7) is 1.98. The minimum absolute atomic E-state index is 0.0260. The van der Waals surface area contributed by atoms with E-state index in [2.05, 4.69) is 0 Å². The van der Waals surface area contributed by atoms with Gasteiger partial charge in [-0.3, -0.25) is 4.79 Å². The minimum Gasteiger partial charge on any atom is -0.489 e. The first-order valence-electron chi connectivity index (χ1n) is 6.59. The van der Waals surface area contributed by atoms with Crippen LogP contribution in [0.15, 0.2) is 54.6 Å². The molecule has 1 atom stereocenters. The van der Waals surface area contributed by atoms with Gasteiger partial charge in [0.15, 0.2) is 0 Å². The van der Waals surface area contributed by atoms with E-state index in [9.17, 15) is 9.90 Å². The summed E-state index contributed by atoms with van der Waals surface area (Å²) in [5, 5.41) is 9.83. The molecule has 2 aromatic carbocycles. The van der Waals surface area contributed by atoms with Crippen molar-refractivity contribution < 1.29 is 14.6 Å². The lowest BCUT2D eigenvalue weighted by Gasteiger charge is -2.11. The summed E-state index contributed by atoms with van der Waals surface area (Å²) >= 11 is 0. The first kappa shape index (κ1) is 14.3. The van der Waals surface area contributed by atoms with Crippen LogP contribution in [0.25, 0.3) is 0 Å². The fraction of sp³-hybridized carbons (Fsp3) is 0.235. The normalized spacial score (nSPS) is 11.9. The quantitative estimate of drug-likeness (QED) is 0.876. The third kappa shape index (κ3) is 4.21. The number of benzene rings is 2. The van der Waals surface area contributed by atoms with E-state index in [0.717, 1.165) is 16.9 Å². The van der Waals surface area contributed by atoms with Crippen LogP contribution >= 0.6 is 0 Å². The van der Waals surface area contributed by atoms with Crippen LogP contribution in [-0.4, -0.2) is 10.9 Å². The van der Waals surface area contributed by atoms with Crippen LogP contribution in [-0.2, 0) is 11.4 Å². The summed E-state index contributed by atoms with van der Waals surface area (Å²) in [5.74, 6) is 0.717. The van der Waals surface area contributed by atoms with Crippen molar-refractivity contribution in [3.8, 4) is 5.75 Å². The average Bonchev–Trinajstić information content (AvgIpc) is 2.46. The van der Waals surface area contributed by atoms with E-state index >= 15 is 0 Å². The van der Waals surface area contributed by atoms with E-state index < -0.39 is 6.10 Å². The van der Waals surface area contributed by atoms with Crippen LogP contribution in [0.3, 0.4) is 0 Å². The van der Waals surface area contributed by atoms with Crippen molar-refractivity contribution >= 4 is 5.78 Å². The van der Waals surface area contributed by atoms with Crippen molar-refractivity contribution in [2.75, 3.05) is 0 Å². The SMILES string of the molecule is CC(=O)CC(O)c1ccc(OCc2ccccc2)cc1. The van der Waals surface area contributed by atoms with Crippen molar-refractivity contribution in [2.24, 2.45) is 0 Å². The lowest BCUT2D eigenvalue weighted by atomic mass is 10.0. The number of rotatable bonds is 6. The number of hydrogen-bond acceptors (Lipinski definition) is 3. The molecule has 0 saturated heterocycles. The highest BCUT2D eigenvalue weighted by molar-refractivity contribution is 5.76. The Labute approximate surface area is 118 Å². The van der Waals surface area contributed by atoms with Gasteiger partial charge in [-0.2, -0.15) is 0 Å². The second-order valence-corrected chi connectivity index (χ2v) is 4.77. The third-order valence-corrected chi connectivity index (χ3v) is 2.99. The number of ketones is 1. The molecular weight excluding hydrogens is 252 g/mol. The molecule has 0 aliphatic heterocycles. The Kier molecular flexibility index (Phi) is 4.91. The van der Waals surface area contributed by atoms with E-state index in [0.29, 0.717) is 6.61 Å². The second kappa shape index (κ2) is 6.87. The van der Waals surface area contributed by atoms with Crippen LogP contribution < -0.4 is 4.74 Å².